The maximum atomic E-state index is 13.2. The second kappa shape index (κ2) is 7.03. The zero-order valence-corrected chi connectivity index (χ0v) is 17.5. The Hall–Kier alpha value is -2.58. The summed E-state index contributed by atoms with van der Waals surface area (Å²) in [6, 6.07) is 5.93. The molecule has 3 aromatic rings. The van der Waals surface area contributed by atoms with E-state index < -0.39 is 0 Å². The third-order valence-electron chi connectivity index (χ3n) is 6.20. The first-order valence-corrected chi connectivity index (χ1v) is 10.8. The van der Waals surface area contributed by atoms with Gasteiger partial charge in [-0.1, -0.05) is 6.07 Å². The van der Waals surface area contributed by atoms with Crippen molar-refractivity contribution in [3.63, 3.8) is 0 Å². The highest BCUT2D eigenvalue weighted by Gasteiger charge is 2.44. The highest BCUT2D eigenvalue weighted by molar-refractivity contribution is 7.13. The Morgan fingerprint density at radius 1 is 1.21 bits per heavy atom. The summed E-state index contributed by atoms with van der Waals surface area (Å²) < 4.78 is 1.67. The second-order valence-corrected chi connectivity index (χ2v) is 9.19. The average Bonchev–Trinajstić information content (AvgIpc) is 3.51. The molecule has 0 radical (unpaired) electrons. The predicted molar refractivity (Wildman–Crippen MR) is 112 cm³/mol. The number of nitrogens with zero attached hydrogens (tertiary/aromatic N) is 6. The van der Waals surface area contributed by atoms with Crippen molar-refractivity contribution in [1.29, 1.82) is 0 Å². The maximum absolute atomic E-state index is 13.2. The van der Waals surface area contributed by atoms with Gasteiger partial charge in [-0.15, -0.1) is 11.3 Å². The van der Waals surface area contributed by atoms with Gasteiger partial charge in [-0.2, -0.15) is 5.10 Å². The summed E-state index contributed by atoms with van der Waals surface area (Å²) in [6.07, 6.45) is 5.66. The number of carbonyl (C=O) groups is 1. The predicted octanol–water partition coefficient (Wildman–Crippen LogP) is 2.87. The van der Waals surface area contributed by atoms with E-state index in [9.17, 15) is 4.79 Å². The second-order valence-electron chi connectivity index (χ2n) is 8.24. The lowest BCUT2D eigenvalue weighted by Crippen LogP contribution is -2.33. The summed E-state index contributed by atoms with van der Waals surface area (Å²) in [6.45, 7) is 5.78. The van der Waals surface area contributed by atoms with Gasteiger partial charge >= 0.3 is 0 Å². The van der Waals surface area contributed by atoms with E-state index in [4.69, 9.17) is 0 Å². The van der Waals surface area contributed by atoms with Crippen LogP contribution in [-0.2, 0) is 0 Å². The summed E-state index contributed by atoms with van der Waals surface area (Å²) in [7, 11) is 2.16. The molecule has 1 spiro atoms. The summed E-state index contributed by atoms with van der Waals surface area (Å²) in [5, 5.41) is 6.47. The van der Waals surface area contributed by atoms with Gasteiger partial charge in [0.25, 0.3) is 11.9 Å². The number of hydrogen-bond donors (Lipinski definition) is 0. The van der Waals surface area contributed by atoms with E-state index in [0.29, 0.717) is 11.5 Å². The van der Waals surface area contributed by atoms with Crippen LogP contribution in [0.1, 0.15) is 28.9 Å². The molecule has 5 heterocycles. The molecule has 5 rings (SSSR count). The number of aromatic nitrogens is 4. The van der Waals surface area contributed by atoms with Crippen molar-refractivity contribution in [2.45, 2.75) is 19.8 Å². The van der Waals surface area contributed by atoms with Crippen LogP contribution in [0.2, 0.25) is 0 Å². The van der Waals surface area contributed by atoms with Crippen LogP contribution in [0.15, 0.2) is 36.0 Å². The molecule has 2 aliphatic rings. The Bertz CT molecular complexity index is 1050. The van der Waals surface area contributed by atoms with Crippen LogP contribution in [0.25, 0.3) is 16.5 Å². The number of thiophene rings is 1. The van der Waals surface area contributed by atoms with Crippen molar-refractivity contribution in [2.24, 2.45) is 5.41 Å². The van der Waals surface area contributed by atoms with Gasteiger partial charge in [0.1, 0.15) is 0 Å². The Morgan fingerprint density at radius 3 is 2.83 bits per heavy atom. The molecule has 3 aromatic heterocycles. The molecule has 150 valence electrons. The third kappa shape index (κ3) is 3.26. The molecule has 29 heavy (non-hydrogen) atoms. The molecular formula is C21H24N6OS. The van der Waals surface area contributed by atoms with Crippen LogP contribution in [0.4, 0.5) is 0 Å². The van der Waals surface area contributed by atoms with Gasteiger partial charge in [-0.3, -0.25) is 4.79 Å². The maximum Gasteiger partial charge on any atom is 0.257 e. The molecule has 7 nitrogen and oxygen atoms in total. The van der Waals surface area contributed by atoms with Gasteiger partial charge in [0, 0.05) is 31.2 Å². The van der Waals surface area contributed by atoms with Crippen LogP contribution >= 0.6 is 11.3 Å². The van der Waals surface area contributed by atoms with Crippen molar-refractivity contribution in [1.82, 2.24) is 29.5 Å². The standard InChI is InChI=1S/C21H24N6OS/c1-15-16(19(28)26-10-7-21(14-26)6-9-25(2)13-21)12-23-27(15)20-22-8-5-17(24-20)18-4-3-11-29-18/h3-5,8,11-12H,6-7,9-10,13-14H2,1-2H3. The van der Waals surface area contributed by atoms with E-state index in [0.717, 1.165) is 48.9 Å². The highest BCUT2D eigenvalue weighted by atomic mass is 32.1. The number of rotatable bonds is 3. The number of hydrogen-bond acceptors (Lipinski definition) is 6. The van der Waals surface area contributed by atoms with E-state index >= 15 is 0 Å². The van der Waals surface area contributed by atoms with E-state index in [1.54, 1.807) is 28.4 Å². The molecule has 0 saturated carbocycles. The Morgan fingerprint density at radius 2 is 2.07 bits per heavy atom. The number of likely N-dealkylation sites (tertiary alicyclic amines) is 2. The first-order chi connectivity index (χ1) is 14.0. The molecular weight excluding hydrogens is 384 g/mol. The zero-order valence-electron chi connectivity index (χ0n) is 16.7. The Kier molecular flexibility index (Phi) is 4.48. The molecule has 0 N–H and O–H groups in total. The molecule has 8 heteroatoms. The molecule has 2 saturated heterocycles. The van der Waals surface area contributed by atoms with Gasteiger partial charge < -0.3 is 9.80 Å². The topological polar surface area (TPSA) is 67.2 Å². The van der Waals surface area contributed by atoms with Crippen LogP contribution < -0.4 is 0 Å². The van der Waals surface area contributed by atoms with Gasteiger partial charge in [-0.25, -0.2) is 14.6 Å². The minimum absolute atomic E-state index is 0.0644. The number of amides is 1. The van der Waals surface area contributed by atoms with Gasteiger partial charge in [0.05, 0.1) is 28.0 Å². The van der Waals surface area contributed by atoms with Crippen LogP contribution in [0.3, 0.4) is 0 Å². The molecule has 1 amide bonds. The van der Waals surface area contributed by atoms with Crippen LogP contribution in [-0.4, -0.2) is 68.7 Å². The van der Waals surface area contributed by atoms with Crippen molar-refractivity contribution in [3.05, 3.63) is 47.2 Å². The van der Waals surface area contributed by atoms with Gasteiger partial charge in [-0.05, 0) is 50.9 Å². The third-order valence-corrected chi connectivity index (χ3v) is 7.09. The lowest BCUT2D eigenvalue weighted by molar-refractivity contribution is 0.0773. The normalized spacial score (nSPS) is 22.1. The Labute approximate surface area is 174 Å². The molecule has 1 atom stereocenters. The fourth-order valence-corrected chi connectivity index (χ4v) is 5.30. The molecule has 1 unspecified atom stereocenters. The zero-order chi connectivity index (χ0) is 20.0. The van der Waals surface area contributed by atoms with E-state index in [1.165, 1.54) is 6.42 Å². The SMILES string of the molecule is Cc1c(C(=O)N2CCC3(CCN(C)C3)C2)cnn1-c1nccc(-c2cccs2)n1. The quantitative estimate of drug-likeness (QED) is 0.667. The molecule has 0 bridgehead atoms. The summed E-state index contributed by atoms with van der Waals surface area (Å²) in [5.74, 6) is 0.553. The monoisotopic (exact) mass is 408 g/mol. The number of carbonyl (C=O) groups excluding carboxylic acids is 1. The van der Waals surface area contributed by atoms with Crippen LogP contribution in [0.5, 0.6) is 0 Å². The van der Waals surface area contributed by atoms with Crippen molar-refractivity contribution >= 4 is 17.2 Å². The molecule has 0 aromatic carbocycles. The minimum Gasteiger partial charge on any atom is -0.338 e. The fourth-order valence-electron chi connectivity index (χ4n) is 4.60. The van der Waals surface area contributed by atoms with Gasteiger partial charge in [0.2, 0.25) is 0 Å². The smallest absolute Gasteiger partial charge is 0.257 e. The minimum atomic E-state index is 0.0644. The Balaban J connectivity index is 1.39. The summed E-state index contributed by atoms with van der Waals surface area (Å²) in [4.78, 5) is 27.7. The van der Waals surface area contributed by atoms with Crippen molar-refractivity contribution < 1.29 is 4.79 Å². The molecule has 2 fully saturated rings. The lowest BCUT2D eigenvalue weighted by Gasteiger charge is -2.23. The highest BCUT2D eigenvalue weighted by Crippen LogP contribution is 2.39. The fraction of sp³-hybridized carbons (Fsp3) is 0.429. The molecule has 2 aliphatic heterocycles. The summed E-state index contributed by atoms with van der Waals surface area (Å²) in [5.41, 5.74) is 2.55. The summed E-state index contributed by atoms with van der Waals surface area (Å²) >= 11 is 1.64. The molecule has 0 aliphatic carbocycles. The first kappa shape index (κ1) is 18.4. The largest absolute Gasteiger partial charge is 0.338 e. The van der Waals surface area contributed by atoms with Gasteiger partial charge in [0.15, 0.2) is 0 Å². The van der Waals surface area contributed by atoms with Crippen molar-refractivity contribution in [3.8, 4) is 16.5 Å². The average molecular weight is 409 g/mol. The van der Waals surface area contributed by atoms with Crippen LogP contribution in [0, 0.1) is 12.3 Å². The van der Waals surface area contributed by atoms with E-state index in [1.807, 2.05) is 35.4 Å². The lowest BCUT2D eigenvalue weighted by atomic mass is 9.86. The van der Waals surface area contributed by atoms with E-state index in [2.05, 4.69) is 27.0 Å². The first-order valence-electron chi connectivity index (χ1n) is 9.94. The van der Waals surface area contributed by atoms with E-state index in [-0.39, 0.29) is 11.3 Å². The van der Waals surface area contributed by atoms with Crippen molar-refractivity contribution in [2.75, 3.05) is 33.2 Å².